The van der Waals surface area contributed by atoms with Gasteiger partial charge in [-0.15, -0.1) is 11.3 Å². The van der Waals surface area contributed by atoms with Crippen molar-refractivity contribution >= 4 is 44.8 Å². The number of Topliss-reactive ketones (excluding diaryl/α,β-unsaturated/α-hetero) is 1. The Hall–Kier alpha value is -3.06. The highest BCUT2D eigenvalue weighted by Crippen LogP contribution is 2.33. The minimum absolute atomic E-state index is 0.109. The Morgan fingerprint density at radius 3 is 2.81 bits per heavy atom. The van der Waals surface area contributed by atoms with Crippen LogP contribution in [0, 0.1) is 5.82 Å². The van der Waals surface area contributed by atoms with Crippen molar-refractivity contribution in [2.24, 2.45) is 0 Å². The highest BCUT2D eigenvalue weighted by atomic mass is 32.1. The summed E-state index contributed by atoms with van der Waals surface area (Å²) < 4.78 is 19.1. The first kappa shape index (κ1) is 17.4. The number of ketones is 1. The van der Waals surface area contributed by atoms with E-state index in [1.165, 1.54) is 23.5 Å². The van der Waals surface area contributed by atoms with Crippen LogP contribution in [0.15, 0.2) is 42.5 Å². The van der Waals surface area contributed by atoms with Crippen LogP contribution in [0.25, 0.3) is 10.1 Å². The number of carbonyl (C=O) groups excluding carboxylic acids is 3. The summed E-state index contributed by atoms with van der Waals surface area (Å²) in [6.07, 6.45) is 0. The number of thiophene rings is 1. The van der Waals surface area contributed by atoms with E-state index in [4.69, 9.17) is 4.74 Å². The number of hydrogen-bond donors (Lipinski definition) is 1. The molecule has 0 unspecified atom stereocenters. The van der Waals surface area contributed by atoms with Crippen molar-refractivity contribution in [1.29, 1.82) is 0 Å². The smallest absolute Gasteiger partial charge is 0.348 e. The molecule has 1 aromatic heterocycles. The van der Waals surface area contributed by atoms with Crippen LogP contribution in [0.1, 0.15) is 38.4 Å². The highest BCUT2D eigenvalue weighted by molar-refractivity contribution is 7.20. The molecule has 27 heavy (non-hydrogen) atoms. The molecule has 1 atom stereocenters. The number of benzene rings is 2. The number of halogens is 1. The van der Waals surface area contributed by atoms with Gasteiger partial charge in [0.05, 0.1) is 5.92 Å². The third-order valence-electron chi connectivity index (χ3n) is 4.51. The van der Waals surface area contributed by atoms with Crippen LogP contribution in [0.4, 0.5) is 10.1 Å². The monoisotopic (exact) mass is 383 g/mol. The predicted octanol–water partition coefficient (Wildman–Crippen LogP) is 4.14. The summed E-state index contributed by atoms with van der Waals surface area (Å²) >= 11 is 1.18. The van der Waals surface area contributed by atoms with Crippen molar-refractivity contribution in [2.75, 3.05) is 11.9 Å². The second-order valence-electron chi connectivity index (χ2n) is 6.31. The fraction of sp³-hybridized carbons (Fsp3) is 0.150. The lowest BCUT2D eigenvalue weighted by atomic mass is 9.99. The van der Waals surface area contributed by atoms with Gasteiger partial charge in [-0.05, 0) is 60.3 Å². The average molecular weight is 383 g/mol. The second-order valence-corrected chi connectivity index (χ2v) is 7.39. The van der Waals surface area contributed by atoms with Crippen molar-refractivity contribution in [3.63, 3.8) is 0 Å². The fourth-order valence-corrected chi connectivity index (χ4v) is 3.93. The Bertz CT molecular complexity index is 1100. The lowest BCUT2D eigenvalue weighted by molar-refractivity contribution is -0.116. The molecule has 5 nitrogen and oxygen atoms in total. The summed E-state index contributed by atoms with van der Waals surface area (Å²) in [4.78, 5) is 36.6. The molecule has 0 aliphatic carbocycles. The molecule has 1 N–H and O–H groups in total. The Labute approximate surface area is 157 Å². The van der Waals surface area contributed by atoms with Crippen LogP contribution in [-0.4, -0.2) is 24.3 Å². The molecule has 1 aliphatic heterocycles. The van der Waals surface area contributed by atoms with Gasteiger partial charge in [0.25, 0.3) is 0 Å². The summed E-state index contributed by atoms with van der Waals surface area (Å²) in [7, 11) is 0. The Morgan fingerprint density at radius 2 is 2.00 bits per heavy atom. The first-order valence-corrected chi connectivity index (χ1v) is 9.08. The molecule has 0 saturated heterocycles. The first-order valence-electron chi connectivity index (χ1n) is 8.26. The van der Waals surface area contributed by atoms with E-state index >= 15 is 0 Å². The molecule has 2 aromatic carbocycles. The molecule has 2 heterocycles. The minimum Gasteiger partial charge on any atom is -0.453 e. The molecule has 0 fully saturated rings. The van der Waals surface area contributed by atoms with Gasteiger partial charge in [0.1, 0.15) is 10.7 Å². The maximum atomic E-state index is 13.3. The molecule has 136 valence electrons. The Kier molecular flexibility index (Phi) is 4.24. The van der Waals surface area contributed by atoms with E-state index in [9.17, 15) is 18.8 Å². The third kappa shape index (κ3) is 3.21. The molecule has 0 spiro atoms. The van der Waals surface area contributed by atoms with Crippen molar-refractivity contribution < 1.29 is 23.5 Å². The van der Waals surface area contributed by atoms with Gasteiger partial charge in [-0.1, -0.05) is 0 Å². The van der Waals surface area contributed by atoms with E-state index in [2.05, 4.69) is 5.32 Å². The van der Waals surface area contributed by atoms with E-state index in [1.807, 2.05) is 0 Å². The van der Waals surface area contributed by atoms with E-state index < -0.39 is 12.6 Å². The van der Waals surface area contributed by atoms with Crippen LogP contribution >= 0.6 is 11.3 Å². The van der Waals surface area contributed by atoms with Gasteiger partial charge in [-0.25, -0.2) is 9.18 Å². The fourth-order valence-electron chi connectivity index (χ4n) is 2.99. The SMILES string of the molecule is C[C@@H]1C(=O)Nc2ccc(C(=O)COC(=O)c3cc4cc(F)ccc4s3)cc21. The number of carbonyl (C=O) groups is 3. The topological polar surface area (TPSA) is 72.5 Å². The van der Waals surface area contributed by atoms with Gasteiger partial charge in [-0.3, -0.25) is 9.59 Å². The van der Waals surface area contributed by atoms with Crippen molar-refractivity contribution in [3.05, 3.63) is 64.3 Å². The number of fused-ring (bicyclic) bond motifs is 2. The average Bonchev–Trinajstić information content (AvgIpc) is 3.20. The van der Waals surface area contributed by atoms with Gasteiger partial charge in [-0.2, -0.15) is 0 Å². The van der Waals surface area contributed by atoms with E-state index in [-0.39, 0.29) is 23.4 Å². The number of amides is 1. The number of anilines is 1. The Morgan fingerprint density at radius 1 is 1.19 bits per heavy atom. The second kappa shape index (κ2) is 6.59. The highest BCUT2D eigenvalue weighted by Gasteiger charge is 2.27. The largest absolute Gasteiger partial charge is 0.453 e. The van der Waals surface area contributed by atoms with Gasteiger partial charge in [0, 0.05) is 16.0 Å². The maximum absolute atomic E-state index is 13.3. The number of ether oxygens (including phenoxy) is 1. The van der Waals surface area contributed by atoms with E-state index in [1.54, 1.807) is 37.3 Å². The number of hydrogen-bond acceptors (Lipinski definition) is 5. The standard InChI is InChI=1S/C20H14FNO4S/c1-10-14-7-11(2-4-15(14)22-19(10)24)16(23)9-26-20(25)18-8-12-6-13(21)3-5-17(12)27-18/h2-8,10H,9H2,1H3,(H,22,24)/t10-/m0/s1. The van der Waals surface area contributed by atoms with E-state index in [0.29, 0.717) is 21.5 Å². The molecule has 7 heteroatoms. The molecular weight excluding hydrogens is 369 g/mol. The van der Waals surface area contributed by atoms with Gasteiger partial charge in [0.2, 0.25) is 5.91 Å². The quantitative estimate of drug-likeness (QED) is 0.543. The zero-order chi connectivity index (χ0) is 19.1. The van der Waals surface area contributed by atoms with Gasteiger partial charge in [0.15, 0.2) is 12.4 Å². The summed E-state index contributed by atoms with van der Waals surface area (Å²) in [5.41, 5.74) is 1.82. The molecule has 1 amide bonds. The molecule has 0 bridgehead atoms. The van der Waals surface area contributed by atoms with Crippen molar-refractivity contribution in [2.45, 2.75) is 12.8 Å². The summed E-state index contributed by atoms with van der Waals surface area (Å²) in [6.45, 7) is 1.36. The van der Waals surface area contributed by atoms with Crippen molar-refractivity contribution in [1.82, 2.24) is 0 Å². The van der Waals surface area contributed by atoms with Crippen LogP contribution in [-0.2, 0) is 9.53 Å². The van der Waals surface area contributed by atoms with Crippen LogP contribution in [0.5, 0.6) is 0 Å². The lowest BCUT2D eigenvalue weighted by Gasteiger charge is -2.06. The van der Waals surface area contributed by atoms with E-state index in [0.717, 1.165) is 10.3 Å². The normalized spacial score (nSPS) is 15.5. The van der Waals surface area contributed by atoms with Crippen LogP contribution < -0.4 is 5.32 Å². The van der Waals surface area contributed by atoms with Crippen LogP contribution in [0.2, 0.25) is 0 Å². The minimum atomic E-state index is -0.628. The number of rotatable bonds is 4. The zero-order valence-electron chi connectivity index (χ0n) is 14.2. The van der Waals surface area contributed by atoms with Gasteiger partial charge < -0.3 is 10.1 Å². The Balaban J connectivity index is 1.46. The molecular formula is C20H14FNO4S. The molecule has 1 aliphatic rings. The maximum Gasteiger partial charge on any atom is 0.348 e. The third-order valence-corrected chi connectivity index (χ3v) is 5.60. The molecule has 0 radical (unpaired) electrons. The van der Waals surface area contributed by atoms with Crippen molar-refractivity contribution in [3.8, 4) is 0 Å². The summed E-state index contributed by atoms with van der Waals surface area (Å²) in [6, 6.07) is 10.7. The number of esters is 1. The molecule has 0 saturated carbocycles. The number of nitrogens with one attached hydrogen (secondary N) is 1. The molecule has 3 aromatic rings. The van der Waals surface area contributed by atoms with Gasteiger partial charge >= 0.3 is 5.97 Å². The zero-order valence-corrected chi connectivity index (χ0v) is 15.1. The summed E-state index contributed by atoms with van der Waals surface area (Å²) in [5, 5.41) is 3.35. The molecule has 4 rings (SSSR count). The summed E-state index contributed by atoms with van der Waals surface area (Å²) in [5.74, 6) is -1.80. The first-order chi connectivity index (χ1) is 12.9. The lowest BCUT2D eigenvalue weighted by Crippen LogP contribution is -2.13. The predicted molar refractivity (Wildman–Crippen MR) is 99.9 cm³/mol. The van der Waals surface area contributed by atoms with Crippen LogP contribution in [0.3, 0.4) is 0 Å².